The van der Waals surface area contributed by atoms with Crippen LogP contribution in [-0.2, 0) is 0 Å². The van der Waals surface area contributed by atoms with Gasteiger partial charge in [-0.15, -0.1) is 0 Å². The van der Waals surface area contributed by atoms with Crippen LogP contribution in [0.5, 0.6) is 0 Å². The Morgan fingerprint density at radius 1 is 0.571 bits per heavy atom. The van der Waals surface area contributed by atoms with Gasteiger partial charge < -0.3 is 10.2 Å². The molecule has 0 bridgehead atoms. The minimum atomic E-state index is -0.514. The van der Waals surface area contributed by atoms with Gasteiger partial charge in [-0.25, -0.2) is 0 Å². The molecule has 2 N–H and O–H groups in total. The van der Waals surface area contributed by atoms with E-state index >= 15 is 0 Å². The van der Waals surface area contributed by atoms with Gasteiger partial charge in [0.15, 0.2) is 0 Å². The lowest BCUT2D eigenvalue weighted by Crippen LogP contribution is -2.25. The van der Waals surface area contributed by atoms with Crippen molar-refractivity contribution in [3.05, 3.63) is 0 Å². The number of unbranched alkanes of at least 4 members (excludes halogenated alkanes) is 6. The van der Waals surface area contributed by atoms with Gasteiger partial charge in [0, 0.05) is 0 Å². The summed E-state index contributed by atoms with van der Waals surface area (Å²) in [4.78, 5) is 0. The van der Waals surface area contributed by atoms with Gasteiger partial charge in [-0.3, -0.25) is 0 Å². The first kappa shape index (κ1) is 20.9. The average molecular weight is 301 g/mol. The van der Waals surface area contributed by atoms with E-state index in [0.717, 1.165) is 31.6 Å². The standard InChI is InChI=1S/C19H40O2/c1-4-7-8-9-10-11-12-15-18(20)19(21)16-13-14-17(5-2)6-3/h17-21H,4-16H2,1-3H3. The second-order valence-electron chi connectivity index (χ2n) is 6.66. The molecule has 2 unspecified atom stereocenters. The first-order chi connectivity index (χ1) is 10.2. The van der Waals surface area contributed by atoms with Crippen LogP contribution < -0.4 is 0 Å². The van der Waals surface area contributed by atoms with Crippen molar-refractivity contribution in [1.29, 1.82) is 0 Å². The Balaban J connectivity index is 3.50. The summed E-state index contributed by atoms with van der Waals surface area (Å²) in [6, 6.07) is 0. The van der Waals surface area contributed by atoms with E-state index in [1.165, 1.54) is 57.8 Å². The first-order valence-electron chi connectivity index (χ1n) is 9.51. The van der Waals surface area contributed by atoms with E-state index in [0.29, 0.717) is 0 Å². The molecule has 0 radical (unpaired) electrons. The van der Waals surface area contributed by atoms with Gasteiger partial charge in [0.2, 0.25) is 0 Å². The number of aliphatic hydroxyl groups is 2. The summed E-state index contributed by atoms with van der Waals surface area (Å²) >= 11 is 0. The summed E-state index contributed by atoms with van der Waals surface area (Å²) < 4.78 is 0. The van der Waals surface area contributed by atoms with Gasteiger partial charge in [-0.2, -0.15) is 0 Å². The van der Waals surface area contributed by atoms with Gasteiger partial charge >= 0.3 is 0 Å². The molecule has 0 saturated heterocycles. The van der Waals surface area contributed by atoms with E-state index in [4.69, 9.17) is 0 Å². The average Bonchev–Trinajstić information content (AvgIpc) is 2.50. The Morgan fingerprint density at radius 3 is 1.57 bits per heavy atom. The Kier molecular flexibility index (Phi) is 14.8. The van der Waals surface area contributed by atoms with Crippen molar-refractivity contribution in [2.45, 2.75) is 116 Å². The van der Waals surface area contributed by atoms with Crippen LogP contribution in [0.4, 0.5) is 0 Å². The maximum Gasteiger partial charge on any atom is 0.0799 e. The fourth-order valence-electron chi connectivity index (χ4n) is 3.01. The van der Waals surface area contributed by atoms with Crippen molar-refractivity contribution >= 4 is 0 Å². The van der Waals surface area contributed by atoms with Crippen LogP contribution in [0, 0.1) is 5.92 Å². The smallest absolute Gasteiger partial charge is 0.0799 e. The third-order valence-electron chi connectivity index (χ3n) is 4.81. The van der Waals surface area contributed by atoms with Crippen LogP contribution in [0.1, 0.15) is 104 Å². The van der Waals surface area contributed by atoms with E-state index in [-0.39, 0.29) is 0 Å². The third kappa shape index (κ3) is 12.2. The SMILES string of the molecule is CCCCCCCCCC(O)C(O)CCCC(CC)CC. The second-order valence-corrected chi connectivity index (χ2v) is 6.66. The lowest BCUT2D eigenvalue weighted by Gasteiger charge is -2.19. The number of hydrogen-bond acceptors (Lipinski definition) is 2. The summed E-state index contributed by atoms with van der Waals surface area (Å²) in [5.74, 6) is 0.789. The molecule has 2 atom stereocenters. The molecular weight excluding hydrogens is 260 g/mol. The van der Waals surface area contributed by atoms with Crippen LogP contribution >= 0.6 is 0 Å². The van der Waals surface area contributed by atoms with Gasteiger partial charge in [0.05, 0.1) is 12.2 Å². The molecule has 0 saturated carbocycles. The van der Waals surface area contributed by atoms with Crippen molar-refractivity contribution in [3.8, 4) is 0 Å². The predicted molar refractivity (Wildman–Crippen MR) is 92.5 cm³/mol. The molecule has 2 heteroatoms. The van der Waals surface area contributed by atoms with E-state index in [1.54, 1.807) is 0 Å². The summed E-state index contributed by atoms with van der Waals surface area (Å²) in [5, 5.41) is 20.0. The van der Waals surface area contributed by atoms with Crippen LogP contribution in [0.3, 0.4) is 0 Å². The summed E-state index contributed by atoms with van der Waals surface area (Å²) in [7, 11) is 0. The Morgan fingerprint density at radius 2 is 1.05 bits per heavy atom. The molecule has 0 amide bonds. The topological polar surface area (TPSA) is 40.5 Å². The Hall–Kier alpha value is -0.0800. The first-order valence-corrected chi connectivity index (χ1v) is 9.51. The summed E-state index contributed by atoms with van der Waals surface area (Å²) in [5.41, 5.74) is 0. The number of rotatable bonds is 15. The van der Waals surface area contributed by atoms with Crippen molar-refractivity contribution in [2.75, 3.05) is 0 Å². The highest BCUT2D eigenvalue weighted by atomic mass is 16.3. The minimum absolute atomic E-state index is 0.512. The molecule has 2 nitrogen and oxygen atoms in total. The molecule has 0 spiro atoms. The molecule has 0 aliphatic heterocycles. The maximum absolute atomic E-state index is 10.00. The van der Waals surface area contributed by atoms with E-state index < -0.39 is 12.2 Å². The predicted octanol–water partition coefficient (Wildman–Crippen LogP) is 5.46. The maximum atomic E-state index is 10.00. The third-order valence-corrected chi connectivity index (χ3v) is 4.81. The zero-order valence-electron chi connectivity index (χ0n) is 14.8. The fraction of sp³-hybridized carbons (Fsp3) is 1.00. The zero-order valence-corrected chi connectivity index (χ0v) is 14.8. The monoisotopic (exact) mass is 300 g/mol. The largest absolute Gasteiger partial charge is 0.390 e. The molecule has 0 heterocycles. The van der Waals surface area contributed by atoms with Crippen LogP contribution in [0.15, 0.2) is 0 Å². The lowest BCUT2D eigenvalue weighted by molar-refractivity contribution is 0.00656. The summed E-state index contributed by atoms with van der Waals surface area (Å²) in [6.07, 6.45) is 14.0. The molecule has 0 aromatic rings. The number of hydrogen-bond donors (Lipinski definition) is 2. The van der Waals surface area contributed by atoms with Gasteiger partial charge in [0.1, 0.15) is 0 Å². The van der Waals surface area contributed by atoms with Crippen molar-refractivity contribution < 1.29 is 10.2 Å². The summed E-state index contributed by atoms with van der Waals surface area (Å²) in [6.45, 7) is 6.71. The fourth-order valence-corrected chi connectivity index (χ4v) is 3.01. The molecule has 0 aliphatic carbocycles. The Labute approximate surface area is 133 Å². The van der Waals surface area contributed by atoms with Gasteiger partial charge in [-0.1, -0.05) is 91.4 Å². The van der Waals surface area contributed by atoms with Crippen LogP contribution in [-0.4, -0.2) is 22.4 Å². The van der Waals surface area contributed by atoms with E-state index in [9.17, 15) is 10.2 Å². The zero-order chi connectivity index (χ0) is 15.9. The highest BCUT2D eigenvalue weighted by molar-refractivity contribution is 4.68. The lowest BCUT2D eigenvalue weighted by atomic mass is 9.94. The van der Waals surface area contributed by atoms with Crippen molar-refractivity contribution in [3.63, 3.8) is 0 Å². The quantitative estimate of drug-likeness (QED) is 0.394. The molecular formula is C19H40O2. The Bertz CT molecular complexity index is 202. The van der Waals surface area contributed by atoms with Gasteiger partial charge in [-0.05, 0) is 18.8 Å². The molecule has 0 aromatic carbocycles. The molecule has 0 fully saturated rings. The van der Waals surface area contributed by atoms with Crippen LogP contribution in [0.2, 0.25) is 0 Å². The van der Waals surface area contributed by atoms with Crippen molar-refractivity contribution in [1.82, 2.24) is 0 Å². The molecule has 0 rings (SSSR count). The molecule has 0 aliphatic rings. The molecule has 128 valence electrons. The minimum Gasteiger partial charge on any atom is -0.390 e. The normalized spacial score (nSPS) is 14.6. The molecule has 0 aromatic heterocycles. The van der Waals surface area contributed by atoms with E-state index in [1.807, 2.05) is 0 Å². The number of aliphatic hydroxyl groups excluding tert-OH is 2. The van der Waals surface area contributed by atoms with E-state index in [2.05, 4.69) is 20.8 Å². The second kappa shape index (κ2) is 14.8. The molecule has 21 heavy (non-hydrogen) atoms. The van der Waals surface area contributed by atoms with Gasteiger partial charge in [0.25, 0.3) is 0 Å². The highest BCUT2D eigenvalue weighted by Gasteiger charge is 2.16. The van der Waals surface area contributed by atoms with Crippen LogP contribution in [0.25, 0.3) is 0 Å². The highest BCUT2D eigenvalue weighted by Crippen LogP contribution is 2.19. The van der Waals surface area contributed by atoms with Crippen molar-refractivity contribution in [2.24, 2.45) is 5.92 Å².